The Morgan fingerprint density at radius 1 is 0.743 bits per heavy atom. The second kappa shape index (κ2) is 17.0. The van der Waals surface area contributed by atoms with Crippen LogP contribution in [0, 0.1) is 0 Å². The average Bonchev–Trinajstić information content (AvgIpc) is 2.87. The van der Waals surface area contributed by atoms with Gasteiger partial charge in [0.05, 0.1) is 22.8 Å². The van der Waals surface area contributed by atoms with Crippen LogP contribution in [0.25, 0.3) is 0 Å². The fourth-order valence-electron chi connectivity index (χ4n) is 4.39. The van der Waals surface area contributed by atoms with Gasteiger partial charge in [-0.25, -0.2) is 0 Å². The Bertz CT molecular complexity index is 965. The van der Waals surface area contributed by atoms with Crippen molar-refractivity contribution in [3.63, 3.8) is 0 Å². The SMILES string of the molecule is C/C=C/CCc1ccccc1N=C(CCCCC)C(C)=Nc1ccc(CCCC)c(CCCC)c1. The predicted molar refractivity (Wildman–Crippen MR) is 157 cm³/mol. The highest BCUT2D eigenvalue weighted by molar-refractivity contribution is 6.42. The summed E-state index contributed by atoms with van der Waals surface area (Å²) in [5.41, 5.74) is 8.63. The first-order valence-corrected chi connectivity index (χ1v) is 14.1. The van der Waals surface area contributed by atoms with Crippen LogP contribution in [0.5, 0.6) is 0 Å². The molecule has 0 aliphatic heterocycles. The van der Waals surface area contributed by atoms with Crippen LogP contribution in [0.1, 0.15) is 109 Å². The van der Waals surface area contributed by atoms with Gasteiger partial charge in [-0.05, 0) is 100 Å². The summed E-state index contributed by atoms with van der Waals surface area (Å²) >= 11 is 0. The van der Waals surface area contributed by atoms with Gasteiger partial charge in [-0.3, -0.25) is 9.98 Å². The summed E-state index contributed by atoms with van der Waals surface area (Å²) in [7, 11) is 0. The third-order valence-corrected chi connectivity index (χ3v) is 6.58. The van der Waals surface area contributed by atoms with Crippen LogP contribution < -0.4 is 0 Å². The monoisotopic (exact) mass is 472 g/mol. The molecule has 0 aromatic heterocycles. The van der Waals surface area contributed by atoms with E-state index in [0.717, 1.165) is 54.9 Å². The van der Waals surface area contributed by atoms with Gasteiger partial charge < -0.3 is 0 Å². The molecule has 2 aromatic rings. The number of allylic oxidation sites excluding steroid dienone is 2. The molecule has 190 valence electrons. The number of hydrogen-bond donors (Lipinski definition) is 0. The molecule has 2 nitrogen and oxygen atoms in total. The van der Waals surface area contributed by atoms with Crippen LogP contribution >= 0.6 is 0 Å². The summed E-state index contributed by atoms with van der Waals surface area (Å²) in [6.07, 6.45) is 18.3. The smallest absolute Gasteiger partial charge is 0.0665 e. The molecule has 0 heterocycles. The second-order valence-corrected chi connectivity index (χ2v) is 9.61. The molecule has 0 saturated heterocycles. The fraction of sp³-hybridized carbons (Fsp3) is 0.515. The molecule has 0 saturated carbocycles. The van der Waals surface area contributed by atoms with Crippen molar-refractivity contribution < 1.29 is 0 Å². The molecular weight excluding hydrogens is 424 g/mol. The number of hydrogen-bond acceptors (Lipinski definition) is 2. The first-order valence-electron chi connectivity index (χ1n) is 14.1. The van der Waals surface area contributed by atoms with E-state index in [-0.39, 0.29) is 0 Å². The topological polar surface area (TPSA) is 24.7 Å². The Hall–Kier alpha value is -2.48. The summed E-state index contributed by atoms with van der Waals surface area (Å²) in [6.45, 7) is 11.0. The van der Waals surface area contributed by atoms with Crippen LogP contribution in [0.2, 0.25) is 0 Å². The normalized spacial score (nSPS) is 12.6. The lowest BCUT2D eigenvalue weighted by Crippen LogP contribution is -2.10. The van der Waals surface area contributed by atoms with Crippen LogP contribution in [-0.2, 0) is 19.3 Å². The van der Waals surface area contributed by atoms with Crippen LogP contribution in [-0.4, -0.2) is 11.4 Å². The lowest BCUT2D eigenvalue weighted by Gasteiger charge is -2.12. The Kier molecular flexibility index (Phi) is 14.0. The van der Waals surface area contributed by atoms with Gasteiger partial charge in [0.25, 0.3) is 0 Å². The van der Waals surface area contributed by atoms with Crippen LogP contribution in [0.15, 0.2) is 64.6 Å². The lowest BCUT2D eigenvalue weighted by atomic mass is 9.97. The zero-order chi connectivity index (χ0) is 25.3. The molecule has 2 heteroatoms. The van der Waals surface area contributed by atoms with Crippen molar-refractivity contribution in [2.24, 2.45) is 9.98 Å². The number of rotatable bonds is 16. The minimum Gasteiger partial charge on any atom is -0.252 e. The summed E-state index contributed by atoms with van der Waals surface area (Å²) in [4.78, 5) is 10.3. The van der Waals surface area contributed by atoms with E-state index < -0.39 is 0 Å². The second-order valence-electron chi connectivity index (χ2n) is 9.61. The number of para-hydroxylation sites is 1. The molecule has 0 spiro atoms. The summed E-state index contributed by atoms with van der Waals surface area (Å²) in [5.74, 6) is 0. The minimum atomic E-state index is 0.976. The number of unbranched alkanes of at least 4 members (excludes halogenated alkanes) is 4. The van der Waals surface area contributed by atoms with E-state index in [0.29, 0.717) is 0 Å². The molecule has 0 unspecified atom stereocenters. The van der Waals surface area contributed by atoms with E-state index >= 15 is 0 Å². The zero-order valence-corrected chi connectivity index (χ0v) is 23.1. The van der Waals surface area contributed by atoms with E-state index in [1.165, 1.54) is 61.6 Å². The van der Waals surface area contributed by atoms with Gasteiger partial charge in [0.2, 0.25) is 0 Å². The van der Waals surface area contributed by atoms with Crippen molar-refractivity contribution in [2.45, 2.75) is 112 Å². The number of benzene rings is 2. The fourth-order valence-corrected chi connectivity index (χ4v) is 4.39. The van der Waals surface area contributed by atoms with Crippen molar-refractivity contribution in [3.05, 3.63) is 71.3 Å². The molecule has 0 bridgehead atoms. The highest BCUT2D eigenvalue weighted by Crippen LogP contribution is 2.25. The predicted octanol–water partition coefficient (Wildman–Crippen LogP) is 10.3. The van der Waals surface area contributed by atoms with Gasteiger partial charge in [-0.15, -0.1) is 0 Å². The van der Waals surface area contributed by atoms with Crippen molar-refractivity contribution >= 4 is 22.8 Å². The maximum absolute atomic E-state index is 5.20. The van der Waals surface area contributed by atoms with Gasteiger partial charge >= 0.3 is 0 Å². The van der Waals surface area contributed by atoms with Gasteiger partial charge in [-0.2, -0.15) is 0 Å². The summed E-state index contributed by atoms with van der Waals surface area (Å²) < 4.78 is 0. The molecule has 0 aliphatic rings. The van der Waals surface area contributed by atoms with Gasteiger partial charge in [0, 0.05) is 0 Å². The van der Waals surface area contributed by atoms with E-state index in [1.54, 1.807) is 0 Å². The van der Waals surface area contributed by atoms with E-state index in [2.05, 4.69) is 89.2 Å². The zero-order valence-electron chi connectivity index (χ0n) is 23.1. The minimum absolute atomic E-state index is 0.976. The molecular formula is C33H48N2. The molecule has 0 aliphatic carbocycles. The highest BCUT2D eigenvalue weighted by Gasteiger charge is 2.09. The van der Waals surface area contributed by atoms with Crippen molar-refractivity contribution in [1.29, 1.82) is 0 Å². The molecule has 0 atom stereocenters. The van der Waals surface area contributed by atoms with Gasteiger partial charge in [0.15, 0.2) is 0 Å². The quantitative estimate of drug-likeness (QED) is 0.132. The Labute approximate surface area is 215 Å². The lowest BCUT2D eigenvalue weighted by molar-refractivity contribution is 0.743. The third kappa shape index (κ3) is 10.3. The first-order chi connectivity index (χ1) is 17.1. The number of aryl methyl sites for hydroxylation is 3. The Balaban J connectivity index is 2.38. The molecule has 0 fully saturated rings. The molecule has 35 heavy (non-hydrogen) atoms. The van der Waals surface area contributed by atoms with Crippen LogP contribution in [0.4, 0.5) is 11.4 Å². The first kappa shape index (κ1) is 28.8. The summed E-state index contributed by atoms with van der Waals surface area (Å²) in [6, 6.07) is 15.5. The largest absolute Gasteiger partial charge is 0.252 e. The number of nitrogens with zero attached hydrogens (tertiary/aromatic N) is 2. The molecule has 2 aromatic carbocycles. The Morgan fingerprint density at radius 3 is 2.17 bits per heavy atom. The maximum Gasteiger partial charge on any atom is 0.0665 e. The summed E-state index contributed by atoms with van der Waals surface area (Å²) in [5, 5.41) is 0. The molecule has 2 rings (SSSR count). The third-order valence-electron chi connectivity index (χ3n) is 6.58. The highest BCUT2D eigenvalue weighted by atomic mass is 14.8. The molecule has 0 radical (unpaired) electrons. The van der Waals surface area contributed by atoms with Crippen molar-refractivity contribution in [3.8, 4) is 0 Å². The van der Waals surface area contributed by atoms with E-state index in [4.69, 9.17) is 9.98 Å². The van der Waals surface area contributed by atoms with E-state index in [1.807, 2.05) is 0 Å². The van der Waals surface area contributed by atoms with Crippen LogP contribution in [0.3, 0.4) is 0 Å². The van der Waals surface area contributed by atoms with Gasteiger partial charge in [-0.1, -0.05) is 82.9 Å². The maximum atomic E-state index is 5.20. The van der Waals surface area contributed by atoms with Crippen molar-refractivity contribution in [1.82, 2.24) is 0 Å². The van der Waals surface area contributed by atoms with E-state index in [9.17, 15) is 0 Å². The van der Waals surface area contributed by atoms with Gasteiger partial charge in [0.1, 0.15) is 0 Å². The standard InChI is InChI=1S/C33H48N2/c1-6-10-14-20-29-21-16-17-23-33(29)35-32(22-15-11-7-2)27(5)34-31-25-24-28(18-12-8-3)30(26-31)19-13-9-4/h6,10,16-17,21,23-26H,7-9,11-15,18-20,22H2,1-5H3/b10-6+,34-27?,35-32?. The average molecular weight is 473 g/mol. The van der Waals surface area contributed by atoms with Crippen molar-refractivity contribution in [2.75, 3.05) is 0 Å². The number of aliphatic imine (C=N–C) groups is 2. The molecule has 0 N–H and O–H groups in total. The Morgan fingerprint density at radius 2 is 1.46 bits per heavy atom. The molecule has 0 amide bonds.